The third-order valence-electron chi connectivity index (χ3n) is 2.87. The third-order valence-corrected chi connectivity index (χ3v) is 2.87. The molecular weight excluding hydrogens is 259 g/mol. The quantitative estimate of drug-likeness (QED) is 0.586. The van der Waals surface area contributed by atoms with E-state index < -0.39 is 0 Å². The zero-order valence-electron chi connectivity index (χ0n) is 8.62. The van der Waals surface area contributed by atoms with Crippen molar-refractivity contribution in [2.24, 2.45) is 0 Å². The van der Waals surface area contributed by atoms with Crippen LogP contribution in [-0.4, -0.2) is 0 Å². The van der Waals surface area contributed by atoms with Gasteiger partial charge in [-0.2, -0.15) is 0 Å². The molecule has 0 N–H and O–H groups in total. The van der Waals surface area contributed by atoms with Gasteiger partial charge >= 0.3 is 0 Å². The molecule has 3 rings (SSSR count). The van der Waals surface area contributed by atoms with E-state index in [0.29, 0.717) is 0 Å². The topological polar surface area (TPSA) is 0 Å². The second-order valence-corrected chi connectivity index (χ2v) is 3.77. The number of hydrogen-bond acceptors (Lipinski definition) is 0. The van der Waals surface area contributed by atoms with Crippen molar-refractivity contribution in [3.63, 3.8) is 0 Å². The van der Waals surface area contributed by atoms with Crippen LogP contribution < -0.4 is 0 Å². The first-order chi connectivity index (χ1) is 6.86. The van der Waals surface area contributed by atoms with Gasteiger partial charge in [-0.3, -0.25) is 0 Å². The number of benzene rings is 2. The molecular formula is C14H11Zr. The minimum Gasteiger partial charge on any atom is -0.0619 e. The van der Waals surface area contributed by atoms with Gasteiger partial charge in [0.25, 0.3) is 0 Å². The molecule has 0 atom stereocenters. The molecule has 0 amide bonds. The fourth-order valence-electron chi connectivity index (χ4n) is 2.13. The Morgan fingerprint density at radius 1 is 0.800 bits per heavy atom. The summed E-state index contributed by atoms with van der Waals surface area (Å²) in [6.07, 6.45) is 2.28. The van der Waals surface area contributed by atoms with E-state index in [1.807, 2.05) is 0 Å². The van der Waals surface area contributed by atoms with Gasteiger partial charge in [-0.1, -0.05) is 42.5 Å². The van der Waals surface area contributed by atoms with Gasteiger partial charge in [-0.05, 0) is 34.7 Å². The standard InChI is InChI=1S/C14H11.Zr/c1-10-5-4-8-13-12-7-3-2-6-11(12)9-14(10)13;/h2-9H,1H3;. The van der Waals surface area contributed by atoms with Gasteiger partial charge in [0.1, 0.15) is 0 Å². The zero-order chi connectivity index (χ0) is 9.54. The number of aryl methyl sites for hydroxylation is 1. The second-order valence-electron chi connectivity index (χ2n) is 3.77. The van der Waals surface area contributed by atoms with E-state index in [1.54, 1.807) is 0 Å². The van der Waals surface area contributed by atoms with E-state index in [0.717, 1.165) is 0 Å². The molecule has 1 heteroatoms. The molecule has 15 heavy (non-hydrogen) atoms. The van der Waals surface area contributed by atoms with Crippen molar-refractivity contribution < 1.29 is 26.2 Å². The molecule has 1 radical (unpaired) electrons. The van der Waals surface area contributed by atoms with Crippen molar-refractivity contribution in [1.82, 2.24) is 0 Å². The summed E-state index contributed by atoms with van der Waals surface area (Å²) in [6, 6.07) is 15.1. The molecule has 0 bridgehead atoms. The van der Waals surface area contributed by atoms with Crippen LogP contribution in [0.5, 0.6) is 0 Å². The van der Waals surface area contributed by atoms with Crippen molar-refractivity contribution >= 4 is 0 Å². The van der Waals surface area contributed by atoms with Crippen LogP contribution in [0.15, 0.2) is 42.5 Å². The number of fused-ring (bicyclic) bond motifs is 3. The first-order valence-electron chi connectivity index (χ1n) is 4.90. The molecule has 2 aromatic rings. The van der Waals surface area contributed by atoms with Crippen molar-refractivity contribution in [3.8, 4) is 11.1 Å². The van der Waals surface area contributed by atoms with Gasteiger partial charge in [0.15, 0.2) is 0 Å². The molecule has 0 unspecified atom stereocenters. The monoisotopic (exact) mass is 269 g/mol. The van der Waals surface area contributed by atoms with Gasteiger partial charge in [0.2, 0.25) is 0 Å². The molecule has 2 aromatic carbocycles. The summed E-state index contributed by atoms with van der Waals surface area (Å²) >= 11 is 0. The molecule has 0 aliphatic heterocycles. The van der Waals surface area contributed by atoms with Crippen LogP contribution >= 0.6 is 0 Å². The van der Waals surface area contributed by atoms with Crippen LogP contribution in [0.25, 0.3) is 11.1 Å². The summed E-state index contributed by atoms with van der Waals surface area (Å²) in [4.78, 5) is 0. The largest absolute Gasteiger partial charge is 0.0619 e. The average Bonchev–Trinajstić information content (AvgIpc) is 2.59. The summed E-state index contributed by atoms with van der Waals surface area (Å²) in [7, 11) is 0. The Kier molecular flexibility index (Phi) is 2.93. The van der Waals surface area contributed by atoms with Crippen molar-refractivity contribution in [3.05, 3.63) is 65.6 Å². The first-order valence-corrected chi connectivity index (χ1v) is 4.90. The van der Waals surface area contributed by atoms with E-state index in [2.05, 4.69) is 55.8 Å². The number of rotatable bonds is 0. The fraction of sp³-hybridized carbons (Fsp3) is 0.0714. The van der Waals surface area contributed by atoms with Crippen LogP contribution in [0.3, 0.4) is 0 Å². The van der Waals surface area contributed by atoms with Gasteiger partial charge in [-0.25, -0.2) is 0 Å². The average molecular weight is 270 g/mol. The van der Waals surface area contributed by atoms with Gasteiger partial charge in [-0.15, -0.1) is 0 Å². The summed E-state index contributed by atoms with van der Waals surface area (Å²) in [5.74, 6) is 0. The third kappa shape index (κ3) is 1.63. The van der Waals surface area contributed by atoms with Crippen LogP contribution in [0.1, 0.15) is 16.7 Å². The molecule has 0 nitrogen and oxygen atoms in total. The maximum atomic E-state index is 2.28. The zero-order valence-corrected chi connectivity index (χ0v) is 11.1. The van der Waals surface area contributed by atoms with E-state index in [-0.39, 0.29) is 26.2 Å². The van der Waals surface area contributed by atoms with E-state index in [9.17, 15) is 0 Å². The normalized spacial score (nSPS) is 11.5. The van der Waals surface area contributed by atoms with Gasteiger partial charge in [0.05, 0.1) is 0 Å². The second kappa shape index (κ2) is 4.06. The minimum atomic E-state index is 0. The van der Waals surface area contributed by atoms with E-state index in [4.69, 9.17) is 0 Å². The Balaban J connectivity index is 0.000000853. The number of hydrogen-bond donors (Lipinski definition) is 0. The van der Waals surface area contributed by atoms with Crippen LogP contribution in [-0.2, 0) is 26.2 Å². The van der Waals surface area contributed by atoms with Crippen LogP contribution in [0.4, 0.5) is 0 Å². The molecule has 0 saturated carbocycles. The molecule has 0 fully saturated rings. The van der Waals surface area contributed by atoms with Gasteiger partial charge in [0, 0.05) is 32.6 Å². The fourth-order valence-corrected chi connectivity index (χ4v) is 2.13. The minimum absolute atomic E-state index is 0. The van der Waals surface area contributed by atoms with Crippen molar-refractivity contribution in [2.75, 3.05) is 0 Å². The molecule has 71 valence electrons. The molecule has 1 aliphatic carbocycles. The van der Waals surface area contributed by atoms with E-state index in [1.165, 1.54) is 27.8 Å². The Morgan fingerprint density at radius 3 is 2.40 bits per heavy atom. The molecule has 0 heterocycles. The summed E-state index contributed by atoms with van der Waals surface area (Å²) in [5.41, 5.74) is 6.83. The predicted octanol–water partition coefficient (Wildman–Crippen LogP) is 3.57. The van der Waals surface area contributed by atoms with Gasteiger partial charge < -0.3 is 0 Å². The summed E-state index contributed by atoms with van der Waals surface area (Å²) in [6.45, 7) is 2.17. The van der Waals surface area contributed by atoms with Crippen LogP contribution in [0, 0.1) is 13.3 Å². The maximum Gasteiger partial charge on any atom is 0.0214 e. The Bertz CT molecular complexity index is 500. The Morgan fingerprint density at radius 2 is 1.53 bits per heavy atom. The first kappa shape index (κ1) is 10.8. The predicted molar refractivity (Wildman–Crippen MR) is 59.1 cm³/mol. The summed E-state index contributed by atoms with van der Waals surface area (Å²) in [5, 5.41) is 0. The smallest absolute Gasteiger partial charge is 0.0214 e. The van der Waals surface area contributed by atoms with Crippen molar-refractivity contribution in [1.29, 1.82) is 0 Å². The van der Waals surface area contributed by atoms with Crippen LogP contribution in [0.2, 0.25) is 0 Å². The Labute approximate surface area is 109 Å². The molecule has 1 aliphatic rings. The Hall–Kier alpha value is -0.677. The molecule has 0 spiro atoms. The SMILES string of the molecule is Cc1cccc2c1[CH]c1ccccc1-2.[Zr]. The molecule has 0 aromatic heterocycles. The summed E-state index contributed by atoms with van der Waals surface area (Å²) < 4.78 is 0. The molecule has 0 saturated heterocycles. The maximum absolute atomic E-state index is 2.28. The van der Waals surface area contributed by atoms with E-state index >= 15 is 0 Å². The van der Waals surface area contributed by atoms with Crippen molar-refractivity contribution in [2.45, 2.75) is 6.92 Å².